The number of ether oxygens (including phenoxy) is 1. The molecule has 1 amide bonds. The molecular formula is C18H17N3O2. The van der Waals surface area contributed by atoms with Gasteiger partial charge in [-0.2, -0.15) is 10.1 Å². The Hall–Kier alpha value is -2.69. The summed E-state index contributed by atoms with van der Waals surface area (Å²) in [5.74, 6) is 1.64. The van der Waals surface area contributed by atoms with Crippen LogP contribution in [0.1, 0.15) is 24.0 Å². The number of methoxy groups -OCH3 is 1. The van der Waals surface area contributed by atoms with E-state index < -0.39 is 0 Å². The van der Waals surface area contributed by atoms with Crippen molar-refractivity contribution in [2.45, 2.75) is 19.3 Å². The van der Waals surface area contributed by atoms with Gasteiger partial charge in [-0.1, -0.05) is 6.07 Å². The number of fused-ring (bicyclic) bond motifs is 3. The van der Waals surface area contributed by atoms with E-state index in [9.17, 15) is 4.79 Å². The number of rotatable bonds is 2. The van der Waals surface area contributed by atoms with E-state index in [2.05, 4.69) is 16.2 Å². The molecule has 0 fully saturated rings. The van der Waals surface area contributed by atoms with Gasteiger partial charge in [0.05, 0.1) is 12.8 Å². The molecule has 1 aromatic heterocycles. The van der Waals surface area contributed by atoms with E-state index in [0.29, 0.717) is 12.2 Å². The van der Waals surface area contributed by atoms with Crippen molar-refractivity contribution < 1.29 is 9.53 Å². The van der Waals surface area contributed by atoms with Crippen LogP contribution in [0.3, 0.4) is 0 Å². The standard InChI is InChI=1S/C18H17N3O2/c1-23-14-7-8-15-12(10-14)5-6-13-11-17(22)21(20-18(13)15)16-4-2-3-9-19-16/h2-4,7-10,13H,5-6,11H2,1H3. The Balaban J connectivity index is 1.79. The number of aryl methyl sites for hydroxylation is 1. The molecule has 0 bridgehead atoms. The first-order valence-electron chi connectivity index (χ1n) is 7.76. The molecule has 0 N–H and O–H groups in total. The first-order valence-corrected chi connectivity index (χ1v) is 7.76. The Bertz CT molecular complexity index is 786. The summed E-state index contributed by atoms with van der Waals surface area (Å²) in [6, 6.07) is 11.6. The van der Waals surface area contributed by atoms with Gasteiger partial charge in [-0.25, -0.2) is 4.98 Å². The summed E-state index contributed by atoms with van der Waals surface area (Å²) >= 11 is 0. The average Bonchev–Trinajstić information content (AvgIpc) is 2.61. The number of aromatic nitrogens is 1. The van der Waals surface area contributed by atoms with Crippen LogP contribution in [0.2, 0.25) is 0 Å². The van der Waals surface area contributed by atoms with E-state index in [1.807, 2.05) is 24.3 Å². The van der Waals surface area contributed by atoms with Crippen LogP contribution in [0.5, 0.6) is 5.75 Å². The molecule has 1 aliphatic carbocycles. The average molecular weight is 307 g/mol. The third-order valence-corrected chi connectivity index (χ3v) is 4.47. The number of anilines is 1. The zero-order valence-electron chi connectivity index (χ0n) is 12.9. The predicted octanol–water partition coefficient (Wildman–Crippen LogP) is 2.79. The molecule has 0 spiro atoms. The quantitative estimate of drug-likeness (QED) is 0.857. The minimum atomic E-state index is 0.00871. The van der Waals surface area contributed by atoms with E-state index in [0.717, 1.165) is 29.9 Å². The fourth-order valence-electron chi connectivity index (χ4n) is 3.29. The maximum atomic E-state index is 12.4. The van der Waals surface area contributed by atoms with Gasteiger partial charge in [-0.3, -0.25) is 4.79 Å². The Morgan fingerprint density at radius 3 is 2.96 bits per heavy atom. The lowest BCUT2D eigenvalue weighted by atomic mass is 9.79. The summed E-state index contributed by atoms with van der Waals surface area (Å²) < 4.78 is 5.31. The van der Waals surface area contributed by atoms with E-state index in [1.54, 1.807) is 19.4 Å². The predicted molar refractivity (Wildman–Crippen MR) is 87.7 cm³/mol. The molecule has 1 unspecified atom stereocenters. The largest absolute Gasteiger partial charge is 0.497 e. The van der Waals surface area contributed by atoms with Gasteiger partial charge in [0, 0.05) is 24.1 Å². The normalized spacial score (nSPS) is 19.7. The number of carbonyl (C=O) groups excluding carboxylic acids is 1. The molecule has 2 heterocycles. The summed E-state index contributed by atoms with van der Waals surface area (Å²) in [5, 5.41) is 6.08. The van der Waals surface area contributed by atoms with Crippen LogP contribution in [0.25, 0.3) is 0 Å². The van der Waals surface area contributed by atoms with Gasteiger partial charge >= 0.3 is 0 Å². The SMILES string of the molecule is COc1ccc2c(c1)CCC1CC(=O)N(c3ccccn3)N=C21. The highest BCUT2D eigenvalue weighted by Gasteiger charge is 2.34. The number of pyridine rings is 1. The minimum Gasteiger partial charge on any atom is -0.497 e. The summed E-state index contributed by atoms with van der Waals surface area (Å²) in [4.78, 5) is 16.7. The number of nitrogens with zero attached hydrogens (tertiary/aromatic N) is 3. The minimum absolute atomic E-state index is 0.00871. The van der Waals surface area contributed by atoms with E-state index in [4.69, 9.17) is 4.74 Å². The lowest BCUT2D eigenvalue weighted by molar-refractivity contribution is -0.119. The third-order valence-electron chi connectivity index (χ3n) is 4.47. The van der Waals surface area contributed by atoms with Gasteiger partial charge in [-0.05, 0) is 48.7 Å². The van der Waals surface area contributed by atoms with Crippen LogP contribution in [0.15, 0.2) is 47.7 Å². The molecule has 23 heavy (non-hydrogen) atoms. The second-order valence-corrected chi connectivity index (χ2v) is 5.84. The number of hydrogen-bond donors (Lipinski definition) is 0. The number of amides is 1. The zero-order chi connectivity index (χ0) is 15.8. The molecule has 0 radical (unpaired) electrons. The lowest BCUT2D eigenvalue weighted by Crippen LogP contribution is -2.39. The first kappa shape index (κ1) is 13.9. The van der Waals surface area contributed by atoms with Crippen molar-refractivity contribution >= 4 is 17.4 Å². The van der Waals surface area contributed by atoms with E-state index in [1.165, 1.54) is 10.6 Å². The Labute approximate surface area is 134 Å². The van der Waals surface area contributed by atoms with Crippen LogP contribution in [-0.2, 0) is 11.2 Å². The van der Waals surface area contributed by atoms with Crippen LogP contribution < -0.4 is 9.75 Å². The second kappa shape index (κ2) is 5.50. The van der Waals surface area contributed by atoms with Gasteiger partial charge in [0.25, 0.3) is 0 Å². The monoisotopic (exact) mass is 307 g/mol. The van der Waals surface area contributed by atoms with Gasteiger partial charge < -0.3 is 4.74 Å². The molecule has 1 atom stereocenters. The number of hydrogen-bond acceptors (Lipinski definition) is 4. The first-order chi connectivity index (χ1) is 11.3. The van der Waals surface area contributed by atoms with Gasteiger partial charge in [0.15, 0.2) is 5.82 Å². The van der Waals surface area contributed by atoms with Crippen molar-refractivity contribution in [3.05, 3.63) is 53.7 Å². The Kier molecular flexibility index (Phi) is 3.33. The molecule has 5 nitrogen and oxygen atoms in total. The van der Waals surface area contributed by atoms with E-state index in [-0.39, 0.29) is 11.8 Å². The van der Waals surface area contributed by atoms with Crippen LogP contribution >= 0.6 is 0 Å². The van der Waals surface area contributed by atoms with Crippen molar-refractivity contribution in [1.29, 1.82) is 0 Å². The van der Waals surface area contributed by atoms with Crippen molar-refractivity contribution in [3.63, 3.8) is 0 Å². The zero-order valence-corrected chi connectivity index (χ0v) is 12.9. The molecule has 4 rings (SSSR count). The van der Waals surface area contributed by atoms with Gasteiger partial charge in [0.2, 0.25) is 5.91 Å². The molecule has 2 aromatic rings. The summed E-state index contributed by atoms with van der Waals surface area (Å²) in [5.41, 5.74) is 3.34. The molecule has 2 aliphatic rings. The summed E-state index contributed by atoms with van der Waals surface area (Å²) in [6.07, 6.45) is 4.06. The third kappa shape index (κ3) is 2.38. The van der Waals surface area contributed by atoms with Gasteiger partial charge in [-0.15, -0.1) is 0 Å². The van der Waals surface area contributed by atoms with Crippen molar-refractivity contribution in [1.82, 2.24) is 4.98 Å². The Morgan fingerprint density at radius 1 is 1.26 bits per heavy atom. The second-order valence-electron chi connectivity index (χ2n) is 5.84. The topological polar surface area (TPSA) is 54.8 Å². The molecule has 1 aromatic carbocycles. The molecule has 1 aliphatic heterocycles. The number of hydrazone groups is 1. The maximum Gasteiger partial charge on any atom is 0.249 e. The molecular weight excluding hydrogens is 290 g/mol. The summed E-state index contributed by atoms with van der Waals surface area (Å²) in [7, 11) is 1.67. The van der Waals surface area contributed by atoms with Crippen LogP contribution in [0.4, 0.5) is 5.82 Å². The Morgan fingerprint density at radius 2 is 2.17 bits per heavy atom. The fraction of sp³-hybridized carbons (Fsp3) is 0.278. The van der Waals surface area contributed by atoms with Crippen LogP contribution in [0, 0.1) is 5.92 Å². The van der Waals surface area contributed by atoms with Crippen molar-refractivity contribution in [2.24, 2.45) is 11.0 Å². The molecule has 5 heteroatoms. The maximum absolute atomic E-state index is 12.4. The van der Waals surface area contributed by atoms with Crippen molar-refractivity contribution in [2.75, 3.05) is 12.1 Å². The smallest absolute Gasteiger partial charge is 0.249 e. The van der Waals surface area contributed by atoms with Gasteiger partial charge in [0.1, 0.15) is 5.75 Å². The molecule has 116 valence electrons. The number of benzene rings is 1. The molecule has 0 saturated carbocycles. The number of carbonyl (C=O) groups is 1. The lowest BCUT2D eigenvalue weighted by Gasteiger charge is -2.33. The van der Waals surface area contributed by atoms with Crippen molar-refractivity contribution in [3.8, 4) is 5.75 Å². The fourth-order valence-corrected chi connectivity index (χ4v) is 3.29. The van der Waals surface area contributed by atoms with Crippen LogP contribution in [-0.4, -0.2) is 23.7 Å². The summed E-state index contributed by atoms with van der Waals surface area (Å²) in [6.45, 7) is 0. The highest BCUT2D eigenvalue weighted by molar-refractivity contribution is 6.11. The highest BCUT2D eigenvalue weighted by Crippen LogP contribution is 2.34. The molecule has 0 saturated heterocycles. The highest BCUT2D eigenvalue weighted by atomic mass is 16.5. The van der Waals surface area contributed by atoms with E-state index >= 15 is 0 Å².